The highest BCUT2D eigenvalue weighted by atomic mass is 19.3. The Hall–Kier alpha value is -1.90. The second-order valence-electron chi connectivity index (χ2n) is 7.81. The van der Waals surface area contributed by atoms with Gasteiger partial charge in [0.15, 0.2) is 0 Å². The Labute approximate surface area is 161 Å². The van der Waals surface area contributed by atoms with Gasteiger partial charge in [-0.3, -0.25) is 0 Å². The van der Waals surface area contributed by atoms with Crippen molar-refractivity contribution >= 4 is 0 Å². The first-order valence-electron chi connectivity index (χ1n) is 10.3. The minimum absolute atomic E-state index is 0.194. The zero-order chi connectivity index (χ0) is 19.1. The molecule has 1 saturated carbocycles. The minimum atomic E-state index is -2.78. The molecule has 146 valence electrons. The molecule has 2 aromatic rings. The number of halogens is 2. The number of hydrogen-bond acceptors (Lipinski definition) is 1. The van der Waals surface area contributed by atoms with Crippen molar-refractivity contribution in [2.24, 2.45) is 11.8 Å². The third kappa shape index (κ3) is 6.05. The normalized spacial score (nSPS) is 20.0. The first kappa shape index (κ1) is 19.9. The van der Waals surface area contributed by atoms with Gasteiger partial charge in [0.2, 0.25) is 0 Å². The lowest BCUT2D eigenvalue weighted by Crippen LogP contribution is -2.15. The van der Waals surface area contributed by atoms with Crippen molar-refractivity contribution < 1.29 is 13.5 Å². The van der Waals surface area contributed by atoms with Crippen molar-refractivity contribution in [3.8, 4) is 16.9 Å². The van der Waals surface area contributed by atoms with Gasteiger partial charge in [-0.2, -0.15) is 8.78 Å². The van der Waals surface area contributed by atoms with Crippen LogP contribution in [0.5, 0.6) is 5.75 Å². The number of ether oxygens (including phenoxy) is 1. The van der Waals surface area contributed by atoms with Gasteiger partial charge in [0, 0.05) is 0 Å². The van der Waals surface area contributed by atoms with Crippen LogP contribution in [0.3, 0.4) is 0 Å². The van der Waals surface area contributed by atoms with Gasteiger partial charge in [-0.25, -0.2) is 0 Å². The summed E-state index contributed by atoms with van der Waals surface area (Å²) in [4.78, 5) is 0. The number of benzene rings is 2. The van der Waals surface area contributed by atoms with Crippen LogP contribution in [0.25, 0.3) is 11.1 Å². The Morgan fingerprint density at radius 2 is 1.33 bits per heavy atom. The van der Waals surface area contributed by atoms with Crippen LogP contribution >= 0.6 is 0 Å². The van der Waals surface area contributed by atoms with Crippen LogP contribution in [-0.2, 0) is 6.42 Å². The SMILES string of the molecule is CCCC1CCC(CCc2ccc(-c3ccc(OC(F)F)cc3)cc2)CC1. The molecule has 1 fully saturated rings. The third-order valence-electron chi connectivity index (χ3n) is 5.87. The number of aryl methyl sites for hydroxylation is 1. The number of alkyl halides is 2. The van der Waals surface area contributed by atoms with E-state index in [2.05, 4.69) is 35.9 Å². The molecule has 0 radical (unpaired) electrons. The molecule has 0 unspecified atom stereocenters. The molecule has 0 aromatic heterocycles. The molecule has 3 rings (SSSR count). The maximum atomic E-state index is 12.2. The monoisotopic (exact) mass is 372 g/mol. The maximum absolute atomic E-state index is 12.2. The van der Waals surface area contributed by atoms with Crippen LogP contribution in [-0.4, -0.2) is 6.61 Å². The molecule has 27 heavy (non-hydrogen) atoms. The van der Waals surface area contributed by atoms with Crippen molar-refractivity contribution in [1.82, 2.24) is 0 Å². The molecular formula is C24H30F2O. The predicted molar refractivity (Wildman–Crippen MR) is 107 cm³/mol. The molecular weight excluding hydrogens is 342 g/mol. The molecule has 0 spiro atoms. The van der Waals surface area contributed by atoms with E-state index in [1.54, 1.807) is 12.1 Å². The molecule has 0 heterocycles. The second kappa shape index (κ2) is 9.87. The molecule has 0 atom stereocenters. The molecule has 1 nitrogen and oxygen atoms in total. The van der Waals surface area contributed by atoms with E-state index in [4.69, 9.17) is 0 Å². The van der Waals surface area contributed by atoms with Crippen LogP contribution in [0, 0.1) is 11.8 Å². The Morgan fingerprint density at radius 3 is 1.85 bits per heavy atom. The van der Waals surface area contributed by atoms with Crippen LogP contribution in [0.2, 0.25) is 0 Å². The lowest BCUT2D eigenvalue weighted by Gasteiger charge is -2.28. The lowest BCUT2D eigenvalue weighted by molar-refractivity contribution is -0.0498. The summed E-state index contributed by atoms with van der Waals surface area (Å²) in [5.41, 5.74) is 3.49. The van der Waals surface area contributed by atoms with Crippen LogP contribution < -0.4 is 4.74 Å². The maximum Gasteiger partial charge on any atom is 0.387 e. The Bertz CT molecular complexity index is 671. The molecule has 0 saturated heterocycles. The van der Waals surface area contributed by atoms with Gasteiger partial charge < -0.3 is 4.74 Å². The fraction of sp³-hybridized carbons (Fsp3) is 0.500. The van der Waals surface area contributed by atoms with E-state index in [1.165, 1.54) is 50.5 Å². The molecule has 1 aliphatic carbocycles. The van der Waals surface area contributed by atoms with E-state index in [-0.39, 0.29) is 5.75 Å². The molecule has 0 aliphatic heterocycles. The number of rotatable bonds is 8. The molecule has 1 aliphatic rings. The Morgan fingerprint density at radius 1 is 0.815 bits per heavy atom. The molecule has 0 amide bonds. The summed E-state index contributed by atoms with van der Waals surface area (Å²) in [6.45, 7) is -0.488. The first-order chi connectivity index (χ1) is 13.1. The van der Waals surface area contributed by atoms with E-state index in [0.717, 1.165) is 29.4 Å². The van der Waals surface area contributed by atoms with Gasteiger partial charge in [0.1, 0.15) is 5.75 Å². The zero-order valence-corrected chi connectivity index (χ0v) is 16.2. The van der Waals surface area contributed by atoms with Crippen molar-refractivity contribution in [3.63, 3.8) is 0 Å². The summed E-state index contributed by atoms with van der Waals surface area (Å²) in [6.07, 6.45) is 10.8. The summed E-state index contributed by atoms with van der Waals surface area (Å²) in [7, 11) is 0. The lowest BCUT2D eigenvalue weighted by atomic mass is 9.78. The largest absolute Gasteiger partial charge is 0.435 e. The van der Waals surface area contributed by atoms with Crippen molar-refractivity contribution in [3.05, 3.63) is 54.1 Å². The Kier molecular flexibility index (Phi) is 7.25. The van der Waals surface area contributed by atoms with E-state index >= 15 is 0 Å². The summed E-state index contributed by atoms with van der Waals surface area (Å²) in [6, 6.07) is 15.5. The highest BCUT2D eigenvalue weighted by Gasteiger charge is 2.20. The van der Waals surface area contributed by atoms with Gasteiger partial charge in [0.25, 0.3) is 0 Å². The fourth-order valence-corrected chi connectivity index (χ4v) is 4.28. The summed E-state index contributed by atoms with van der Waals surface area (Å²) >= 11 is 0. The predicted octanol–water partition coefficient (Wildman–Crippen LogP) is 7.49. The van der Waals surface area contributed by atoms with Crippen molar-refractivity contribution in [2.45, 2.75) is 64.9 Å². The standard InChI is InChI=1S/C24H30F2O/c1-2-3-18-4-6-19(7-5-18)8-9-20-10-12-21(13-11-20)22-14-16-23(17-15-22)27-24(25)26/h10-19,24H,2-9H2,1H3. The van der Waals surface area contributed by atoms with Gasteiger partial charge in [-0.15, -0.1) is 0 Å². The van der Waals surface area contributed by atoms with Gasteiger partial charge >= 0.3 is 6.61 Å². The van der Waals surface area contributed by atoms with E-state index in [1.807, 2.05) is 12.1 Å². The van der Waals surface area contributed by atoms with Crippen molar-refractivity contribution in [1.29, 1.82) is 0 Å². The van der Waals surface area contributed by atoms with Gasteiger partial charge in [-0.05, 0) is 53.5 Å². The average Bonchev–Trinajstić information content (AvgIpc) is 2.68. The highest BCUT2D eigenvalue weighted by molar-refractivity contribution is 5.64. The van der Waals surface area contributed by atoms with E-state index < -0.39 is 6.61 Å². The van der Waals surface area contributed by atoms with Crippen LogP contribution in [0.4, 0.5) is 8.78 Å². The number of hydrogen-bond donors (Lipinski definition) is 0. The summed E-state index contributed by atoms with van der Waals surface area (Å²) in [5.74, 6) is 2.06. The van der Waals surface area contributed by atoms with Gasteiger partial charge in [-0.1, -0.05) is 81.8 Å². The topological polar surface area (TPSA) is 9.23 Å². The Balaban J connectivity index is 1.49. The zero-order valence-electron chi connectivity index (χ0n) is 16.2. The summed E-state index contributed by atoms with van der Waals surface area (Å²) in [5, 5.41) is 0. The molecule has 0 bridgehead atoms. The van der Waals surface area contributed by atoms with Crippen molar-refractivity contribution in [2.75, 3.05) is 0 Å². The third-order valence-corrected chi connectivity index (χ3v) is 5.87. The molecule has 2 aromatic carbocycles. The quantitative estimate of drug-likeness (QED) is 0.466. The van der Waals surface area contributed by atoms with Crippen LogP contribution in [0.15, 0.2) is 48.5 Å². The smallest absolute Gasteiger partial charge is 0.387 e. The van der Waals surface area contributed by atoms with Gasteiger partial charge in [0.05, 0.1) is 0 Å². The highest BCUT2D eigenvalue weighted by Crippen LogP contribution is 2.34. The molecule has 0 N–H and O–H groups in total. The van der Waals surface area contributed by atoms with Crippen LogP contribution in [0.1, 0.15) is 57.4 Å². The minimum Gasteiger partial charge on any atom is -0.435 e. The van der Waals surface area contributed by atoms with E-state index in [0.29, 0.717) is 0 Å². The molecule has 3 heteroatoms. The van der Waals surface area contributed by atoms with E-state index in [9.17, 15) is 8.78 Å². The first-order valence-corrected chi connectivity index (χ1v) is 10.3. The average molecular weight is 372 g/mol. The fourth-order valence-electron chi connectivity index (χ4n) is 4.28. The second-order valence-corrected chi connectivity index (χ2v) is 7.81. The summed E-state index contributed by atoms with van der Waals surface area (Å²) < 4.78 is 28.9.